The van der Waals surface area contributed by atoms with Gasteiger partial charge in [0, 0.05) is 25.2 Å². The number of aliphatic hydroxyl groups is 1. The highest BCUT2D eigenvalue weighted by Crippen LogP contribution is 2.40. The van der Waals surface area contributed by atoms with E-state index in [1.54, 1.807) is 4.68 Å². The topological polar surface area (TPSA) is 54.2 Å². The fraction of sp³-hybridized carbons (Fsp3) is 0.867. The minimum Gasteiger partial charge on any atom is -0.391 e. The highest BCUT2D eigenvalue weighted by molar-refractivity contribution is 5.06. The Morgan fingerprint density at radius 2 is 1.90 bits per heavy atom. The average Bonchev–Trinajstić information content (AvgIpc) is 3.10. The zero-order valence-electron chi connectivity index (χ0n) is 12.5. The molecule has 1 aliphatic heterocycles. The quantitative estimate of drug-likeness (QED) is 0.907. The number of hydrogen-bond donors (Lipinski definition) is 1. The van der Waals surface area contributed by atoms with Crippen LogP contribution >= 0.6 is 0 Å². The molecule has 1 aromatic heterocycles. The molecule has 1 atom stereocenters. The van der Waals surface area contributed by atoms with Gasteiger partial charge in [-0.3, -0.25) is 9.58 Å². The number of aliphatic hydroxyl groups excluding tert-OH is 1. The van der Waals surface area contributed by atoms with E-state index in [0.29, 0.717) is 6.42 Å². The van der Waals surface area contributed by atoms with E-state index in [4.69, 9.17) is 0 Å². The molecular formula is C15H26N4O. The van der Waals surface area contributed by atoms with Crippen LogP contribution in [0.4, 0.5) is 0 Å². The van der Waals surface area contributed by atoms with Gasteiger partial charge < -0.3 is 5.11 Å². The zero-order chi connectivity index (χ0) is 14.0. The van der Waals surface area contributed by atoms with Crippen LogP contribution in [0.2, 0.25) is 0 Å². The molecule has 2 aliphatic rings. The molecule has 112 valence electrons. The third-order valence-electron chi connectivity index (χ3n) is 5.13. The van der Waals surface area contributed by atoms with Crippen molar-refractivity contribution in [3.05, 3.63) is 11.9 Å². The maximum Gasteiger partial charge on any atom is 0.0853 e. The van der Waals surface area contributed by atoms with Crippen molar-refractivity contribution in [2.24, 2.45) is 7.05 Å². The van der Waals surface area contributed by atoms with Crippen LogP contribution in [-0.2, 0) is 13.5 Å². The third-order valence-corrected chi connectivity index (χ3v) is 5.13. The highest BCUT2D eigenvalue weighted by Gasteiger charge is 2.45. The van der Waals surface area contributed by atoms with Crippen molar-refractivity contribution in [3.63, 3.8) is 0 Å². The molecule has 5 heteroatoms. The van der Waals surface area contributed by atoms with Crippen molar-refractivity contribution in [2.45, 2.75) is 63.0 Å². The number of hydrogen-bond acceptors (Lipinski definition) is 4. The Morgan fingerprint density at radius 3 is 2.50 bits per heavy atom. The second-order valence-corrected chi connectivity index (χ2v) is 6.46. The largest absolute Gasteiger partial charge is 0.391 e. The summed E-state index contributed by atoms with van der Waals surface area (Å²) < 4.78 is 1.71. The Balaban J connectivity index is 1.75. The van der Waals surface area contributed by atoms with E-state index in [-0.39, 0.29) is 11.6 Å². The first kappa shape index (κ1) is 14.0. The van der Waals surface area contributed by atoms with E-state index in [9.17, 15) is 5.11 Å². The normalized spacial score (nSPS) is 24.9. The van der Waals surface area contributed by atoms with Gasteiger partial charge in [0.1, 0.15) is 0 Å². The lowest BCUT2D eigenvalue weighted by Gasteiger charge is -2.46. The number of likely N-dealkylation sites (tertiary alicyclic amines) is 1. The molecule has 5 nitrogen and oxygen atoms in total. The molecule has 0 aromatic carbocycles. The maximum absolute atomic E-state index is 10.9. The van der Waals surface area contributed by atoms with Gasteiger partial charge in [0.05, 0.1) is 11.8 Å². The van der Waals surface area contributed by atoms with Crippen molar-refractivity contribution in [1.82, 2.24) is 19.9 Å². The first-order chi connectivity index (χ1) is 9.71. The summed E-state index contributed by atoms with van der Waals surface area (Å²) in [7, 11) is 1.87. The van der Waals surface area contributed by atoms with Gasteiger partial charge in [0.2, 0.25) is 0 Å². The van der Waals surface area contributed by atoms with Crippen LogP contribution in [-0.4, -0.2) is 49.7 Å². The fourth-order valence-electron chi connectivity index (χ4n) is 4.06. The van der Waals surface area contributed by atoms with Gasteiger partial charge in [-0.05, 0) is 38.8 Å². The van der Waals surface area contributed by atoms with Crippen LogP contribution in [0.3, 0.4) is 0 Å². The van der Waals surface area contributed by atoms with Crippen LogP contribution < -0.4 is 0 Å². The van der Waals surface area contributed by atoms with E-state index in [2.05, 4.69) is 15.2 Å². The Labute approximate surface area is 121 Å². The number of rotatable bonds is 4. The van der Waals surface area contributed by atoms with Crippen LogP contribution in [0.5, 0.6) is 0 Å². The Hall–Kier alpha value is -0.940. The van der Waals surface area contributed by atoms with Gasteiger partial charge in [0.25, 0.3) is 0 Å². The summed E-state index contributed by atoms with van der Waals surface area (Å²) in [5, 5.41) is 19.0. The van der Waals surface area contributed by atoms with Gasteiger partial charge in [-0.2, -0.15) is 0 Å². The zero-order valence-corrected chi connectivity index (χ0v) is 12.5. The van der Waals surface area contributed by atoms with Gasteiger partial charge in [-0.15, -0.1) is 5.10 Å². The monoisotopic (exact) mass is 278 g/mol. The number of aromatic nitrogens is 3. The SMILES string of the molecule is Cn1cc(CC(O)C2(N3CCCCC3)CCCC2)nn1. The predicted octanol–water partition coefficient (Wildman–Crippen LogP) is 1.52. The van der Waals surface area contributed by atoms with E-state index in [1.165, 1.54) is 32.1 Å². The van der Waals surface area contributed by atoms with Crippen molar-refractivity contribution in [3.8, 4) is 0 Å². The number of nitrogens with zero attached hydrogens (tertiary/aromatic N) is 4. The molecule has 0 bridgehead atoms. The molecule has 1 aliphatic carbocycles. The molecule has 3 rings (SSSR count). The summed E-state index contributed by atoms with van der Waals surface area (Å²) in [6, 6.07) is 0. The standard InChI is InChI=1S/C15H26N4O/c1-18-12-13(16-17-18)11-14(20)15(7-3-4-8-15)19-9-5-2-6-10-19/h12,14,20H,2-11H2,1H3. The Morgan fingerprint density at radius 1 is 1.20 bits per heavy atom. The summed E-state index contributed by atoms with van der Waals surface area (Å²) >= 11 is 0. The summed E-state index contributed by atoms with van der Waals surface area (Å²) in [5.41, 5.74) is 0.904. The van der Waals surface area contributed by atoms with Crippen molar-refractivity contribution >= 4 is 0 Å². The van der Waals surface area contributed by atoms with Crippen LogP contribution in [0.25, 0.3) is 0 Å². The average molecular weight is 278 g/mol. The first-order valence-electron chi connectivity index (χ1n) is 7.99. The van der Waals surface area contributed by atoms with Gasteiger partial charge in [0.15, 0.2) is 0 Å². The maximum atomic E-state index is 10.9. The number of aryl methyl sites for hydroxylation is 1. The van der Waals surface area contributed by atoms with Crippen LogP contribution in [0.15, 0.2) is 6.20 Å². The molecule has 2 fully saturated rings. The molecule has 1 N–H and O–H groups in total. The summed E-state index contributed by atoms with van der Waals surface area (Å²) in [6.45, 7) is 2.30. The summed E-state index contributed by atoms with van der Waals surface area (Å²) in [5.74, 6) is 0. The van der Waals surface area contributed by atoms with E-state index >= 15 is 0 Å². The number of piperidine rings is 1. The minimum atomic E-state index is -0.320. The van der Waals surface area contributed by atoms with Gasteiger partial charge >= 0.3 is 0 Å². The molecule has 0 amide bonds. The molecule has 1 saturated carbocycles. The molecule has 1 saturated heterocycles. The fourth-order valence-corrected chi connectivity index (χ4v) is 4.06. The van der Waals surface area contributed by atoms with Crippen molar-refractivity contribution in [1.29, 1.82) is 0 Å². The predicted molar refractivity (Wildman–Crippen MR) is 77.3 cm³/mol. The van der Waals surface area contributed by atoms with E-state index in [0.717, 1.165) is 31.6 Å². The third kappa shape index (κ3) is 2.61. The first-order valence-corrected chi connectivity index (χ1v) is 7.99. The molecule has 20 heavy (non-hydrogen) atoms. The van der Waals surface area contributed by atoms with Crippen LogP contribution in [0, 0.1) is 0 Å². The van der Waals surface area contributed by atoms with Gasteiger partial charge in [-0.1, -0.05) is 24.5 Å². The van der Waals surface area contributed by atoms with Crippen LogP contribution in [0.1, 0.15) is 50.6 Å². The van der Waals surface area contributed by atoms with E-state index < -0.39 is 0 Å². The minimum absolute atomic E-state index is 0.00204. The van der Waals surface area contributed by atoms with Crippen molar-refractivity contribution in [2.75, 3.05) is 13.1 Å². The molecule has 1 aromatic rings. The Kier molecular flexibility index (Phi) is 4.08. The van der Waals surface area contributed by atoms with E-state index in [1.807, 2.05) is 13.2 Å². The molecule has 0 spiro atoms. The molecular weight excluding hydrogens is 252 g/mol. The lowest BCUT2D eigenvalue weighted by atomic mass is 9.84. The Bertz CT molecular complexity index is 433. The van der Waals surface area contributed by atoms with Crippen molar-refractivity contribution < 1.29 is 5.11 Å². The van der Waals surface area contributed by atoms with Gasteiger partial charge in [-0.25, -0.2) is 0 Å². The molecule has 2 heterocycles. The highest BCUT2D eigenvalue weighted by atomic mass is 16.3. The smallest absolute Gasteiger partial charge is 0.0853 e. The lowest BCUT2D eigenvalue weighted by molar-refractivity contribution is -0.0384. The summed E-state index contributed by atoms with van der Waals surface area (Å²) in [6.07, 6.45) is 10.9. The second kappa shape index (κ2) is 5.82. The summed E-state index contributed by atoms with van der Waals surface area (Å²) in [4.78, 5) is 2.57. The second-order valence-electron chi connectivity index (χ2n) is 6.46. The lowest BCUT2D eigenvalue weighted by Crippen LogP contribution is -2.57. The molecule has 0 radical (unpaired) electrons. The molecule has 1 unspecified atom stereocenters.